The van der Waals surface area contributed by atoms with Crippen molar-refractivity contribution < 1.29 is 14.6 Å². The molecule has 4 nitrogen and oxygen atoms in total. The Balaban J connectivity index is 2.00. The summed E-state index contributed by atoms with van der Waals surface area (Å²) in [5.74, 6) is 0.595. The minimum absolute atomic E-state index is 0.137. The number of hydrogen-bond acceptors (Lipinski definition) is 4. The molecule has 0 aromatic heterocycles. The van der Waals surface area contributed by atoms with E-state index >= 15 is 0 Å². The number of aromatic hydroxyl groups is 1. The minimum atomic E-state index is -0.198. The summed E-state index contributed by atoms with van der Waals surface area (Å²) in [5.41, 5.74) is 1.82. The molecule has 5 heteroatoms. The second kappa shape index (κ2) is 7.30. The lowest BCUT2D eigenvalue weighted by Gasteiger charge is -2.20. The fraction of sp³-hybridized carbons (Fsp3) is 0.250. The molecule has 25 heavy (non-hydrogen) atoms. The lowest BCUT2D eigenvalue weighted by Crippen LogP contribution is -2.22. The predicted octanol–water partition coefficient (Wildman–Crippen LogP) is 4.50. The van der Waals surface area contributed by atoms with Crippen molar-refractivity contribution in [1.29, 1.82) is 0 Å². The molecule has 0 atom stereocenters. The number of carbonyl (C=O) groups excluding carboxylic acids is 1. The fourth-order valence-electron chi connectivity index (χ4n) is 2.85. The van der Waals surface area contributed by atoms with Gasteiger partial charge in [0.15, 0.2) is 5.76 Å². The average Bonchev–Trinajstić information content (AvgIpc) is 2.92. The summed E-state index contributed by atoms with van der Waals surface area (Å²) in [4.78, 5) is 14.8. The Kier molecular flexibility index (Phi) is 5.11. The molecular formula is C20H20ClNO3. The van der Waals surface area contributed by atoms with Crippen LogP contribution in [0.15, 0.2) is 42.2 Å². The summed E-state index contributed by atoms with van der Waals surface area (Å²) in [6, 6.07) is 10.4. The van der Waals surface area contributed by atoms with Gasteiger partial charge in [0.2, 0.25) is 5.78 Å². The first-order chi connectivity index (χ1) is 12.0. The third-order valence-electron chi connectivity index (χ3n) is 4.38. The van der Waals surface area contributed by atoms with Crippen molar-refractivity contribution in [2.24, 2.45) is 0 Å². The summed E-state index contributed by atoms with van der Waals surface area (Å²) < 4.78 is 5.85. The monoisotopic (exact) mass is 357 g/mol. The maximum absolute atomic E-state index is 12.7. The zero-order chi connectivity index (χ0) is 18.0. The van der Waals surface area contributed by atoms with Crippen molar-refractivity contribution in [3.63, 3.8) is 0 Å². The first-order valence-electron chi connectivity index (χ1n) is 8.31. The topological polar surface area (TPSA) is 49.8 Å². The van der Waals surface area contributed by atoms with Crippen LogP contribution >= 0.6 is 11.6 Å². The first-order valence-corrected chi connectivity index (χ1v) is 8.68. The molecule has 2 aromatic rings. The molecule has 0 amide bonds. The number of allylic oxidation sites excluding steroid dienone is 1. The fourth-order valence-corrected chi connectivity index (χ4v) is 3.04. The molecule has 3 rings (SSSR count). The van der Waals surface area contributed by atoms with Crippen LogP contribution in [0.1, 0.15) is 35.3 Å². The van der Waals surface area contributed by atoms with Crippen molar-refractivity contribution in [2.45, 2.75) is 20.4 Å². The Labute approximate surface area is 152 Å². The highest BCUT2D eigenvalue weighted by Gasteiger charge is 2.31. The average molecular weight is 358 g/mol. The van der Waals surface area contributed by atoms with Crippen molar-refractivity contribution in [3.05, 3.63) is 63.9 Å². The SMILES string of the molecule is CCN(CC)Cc1c(O)ccc2c1OC(=Cc1ccccc1Cl)C2=O. The third-order valence-corrected chi connectivity index (χ3v) is 4.73. The van der Waals surface area contributed by atoms with Crippen LogP contribution in [0.5, 0.6) is 11.5 Å². The van der Waals surface area contributed by atoms with Gasteiger partial charge in [-0.05, 0) is 42.9 Å². The molecular weight excluding hydrogens is 338 g/mol. The van der Waals surface area contributed by atoms with E-state index in [4.69, 9.17) is 16.3 Å². The molecule has 0 spiro atoms. The second-order valence-corrected chi connectivity index (χ2v) is 6.27. The molecule has 1 N–H and O–H groups in total. The van der Waals surface area contributed by atoms with E-state index in [-0.39, 0.29) is 17.3 Å². The molecule has 0 saturated carbocycles. The number of fused-ring (bicyclic) bond motifs is 1. The maximum atomic E-state index is 12.7. The quantitative estimate of drug-likeness (QED) is 0.800. The van der Waals surface area contributed by atoms with Gasteiger partial charge in [0, 0.05) is 11.6 Å². The van der Waals surface area contributed by atoms with E-state index in [0.717, 1.165) is 18.7 Å². The zero-order valence-electron chi connectivity index (χ0n) is 14.3. The standard InChI is InChI=1S/C20H20ClNO3/c1-3-22(4-2)12-15-17(23)10-9-14-19(24)18(25-20(14)15)11-13-7-5-6-8-16(13)21/h5-11,23H,3-4,12H2,1-2H3. The highest BCUT2D eigenvalue weighted by Crippen LogP contribution is 2.40. The lowest BCUT2D eigenvalue weighted by molar-refractivity contribution is 0.101. The molecule has 1 heterocycles. The molecule has 0 saturated heterocycles. The molecule has 0 unspecified atom stereocenters. The Morgan fingerprint density at radius 2 is 1.88 bits per heavy atom. The molecule has 0 aliphatic carbocycles. The molecule has 2 aromatic carbocycles. The van der Waals surface area contributed by atoms with Crippen LogP contribution in [0.3, 0.4) is 0 Å². The zero-order valence-corrected chi connectivity index (χ0v) is 15.0. The highest BCUT2D eigenvalue weighted by molar-refractivity contribution is 6.32. The normalized spacial score (nSPS) is 14.9. The van der Waals surface area contributed by atoms with Crippen molar-refractivity contribution in [3.8, 4) is 11.5 Å². The summed E-state index contributed by atoms with van der Waals surface area (Å²) in [5, 5.41) is 10.8. The van der Waals surface area contributed by atoms with Crippen LogP contribution < -0.4 is 4.74 Å². The second-order valence-electron chi connectivity index (χ2n) is 5.86. The molecule has 130 valence electrons. The van der Waals surface area contributed by atoms with Gasteiger partial charge in [0.25, 0.3) is 0 Å². The summed E-state index contributed by atoms with van der Waals surface area (Å²) >= 11 is 6.17. The number of phenols is 1. The van der Waals surface area contributed by atoms with E-state index in [1.54, 1.807) is 24.3 Å². The number of rotatable bonds is 5. The van der Waals surface area contributed by atoms with Gasteiger partial charge in [-0.1, -0.05) is 43.6 Å². The van der Waals surface area contributed by atoms with Crippen molar-refractivity contribution in [2.75, 3.05) is 13.1 Å². The Bertz CT molecular complexity index is 841. The number of Topliss-reactive ketones (excluding diaryl/α,β-unsaturated/α-hetero) is 1. The van der Waals surface area contributed by atoms with Gasteiger partial charge in [-0.25, -0.2) is 0 Å². The molecule has 1 aliphatic heterocycles. The third kappa shape index (κ3) is 3.41. The van der Waals surface area contributed by atoms with E-state index in [2.05, 4.69) is 18.7 Å². The van der Waals surface area contributed by atoms with E-state index < -0.39 is 0 Å². The Morgan fingerprint density at radius 1 is 1.16 bits per heavy atom. The highest BCUT2D eigenvalue weighted by atomic mass is 35.5. The van der Waals surface area contributed by atoms with E-state index in [1.807, 2.05) is 18.2 Å². The van der Waals surface area contributed by atoms with Crippen molar-refractivity contribution >= 4 is 23.5 Å². The number of benzene rings is 2. The smallest absolute Gasteiger partial charge is 0.231 e. The number of carbonyl (C=O) groups is 1. The van der Waals surface area contributed by atoms with Crippen LogP contribution in [0.2, 0.25) is 5.02 Å². The van der Waals surface area contributed by atoms with Gasteiger partial charge in [0.05, 0.1) is 11.1 Å². The number of phenolic OH excluding ortho intramolecular Hbond substituents is 1. The predicted molar refractivity (Wildman–Crippen MR) is 99.1 cm³/mol. The Morgan fingerprint density at radius 3 is 2.56 bits per heavy atom. The largest absolute Gasteiger partial charge is 0.507 e. The van der Waals surface area contributed by atoms with Gasteiger partial charge >= 0.3 is 0 Å². The lowest BCUT2D eigenvalue weighted by atomic mass is 10.0. The van der Waals surface area contributed by atoms with Gasteiger partial charge in [-0.15, -0.1) is 0 Å². The summed E-state index contributed by atoms with van der Waals surface area (Å²) in [7, 11) is 0. The number of halogens is 1. The number of nitrogens with zero attached hydrogens (tertiary/aromatic N) is 1. The van der Waals surface area contributed by atoms with Gasteiger partial charge in [0.1, 0.15) is 11.5 Å². The van der Waals surface area contributed by atoms with Gasteiger partial charge < -0.3 is 9.84 Å². The van der Waals surface area contributed by atoms with Crippen molar-refractivity contribution in [1.82, 2.24) is 4.90 Å². The molecule has 0 radical (unpaired) electrons. The van der Waals surface area contributed by atoms with Crippen LogP contribution in [0.25, 0.3) is 6.08 Å². The van der Waals surface area contributed by atoms with E-state index in [9.17, 15) is 9.90 Å². The minimum Gasteiger partial charge on any atom is -0.507 e. The van der Waals surface area contributed by atoms with Gasteiger partial charge in [-0.3, -0.25) is 9.69 Å². The van der Waals surface area contributed by atoms with Crippen LogP contribution in [-0.4, -0.2) is 28.9 Å². The summed E-state index contributed by atoms with van der Waals surface area (Å²) in [6.45, 7) is 6.32. The van der Waals surface area contributed by atoms with E-state index in [1.165, 1.54) is 0 Å². The van der Waals surface area contributed by atoms with Crippen LogP contribution in [0.4, 0.5) is 0 Å². The molecule has 0 fully saturated rings. The van der Waals surface area contributed by atoms with Crippen LogP contribution in [0, 0.1) is 0 Å². The number of ether oxygens (including phenoxy) is 1. The van der Waals surface area contributed by atoms with Gasteiger partial charge in [-0.2, -0.15) is 0 Å². The molecule has 1 aliphatic rings. The summed E-state index contributed by atoms with van der Waals surface area (Å²) in [6.07, 6.45) is 1.64. The number of ketones is 1. The van der Waals surface area contributed by atoms with Crippen LogP contribution in [-0.2, 0) is 6.54 Å². The first kappa shape index (κ1) is 17.5. The maximum Gasteiger partial charge on any atom is 0.231 e. The van der Waals surface area contributed by atoms with E-state index in [0.29, 0.717) is 28.4 Å². The number of hydrogen-bond donors (Lipinski definition) is 1. The molecule has 0 bridgehead atoms. The Hall–Kier alpha value is -2.30.